The molecule has 3 nitrogen and oxygen atoms in total. The maximum atomic E-state index is 13.5. The summed E-state index contributed by atoms with van der Waals surface area (Å²) >= 11 is 1.51. The molecule has 0 bridgehead atoms. The van der Waals surface area contributed by atoms with E-state index in [0.29, 0.717) is 5.75 Å². The number of fused-ring (bicyclic) bond motifs is 1. The van der Waals surface area contributed by atoms with Gasteiger partial charge in [-0.25, -0.2) is 13.8 Å². The van der Waals surface area contributed by atoms with Gasteiger partial charge >= 0.3 is 0 Å². The summed E-state index contributed by atoms with van der Waals surface area (Å²) in [6.45, 7) is 0.287. The molecule has 0 N–H and O–H groups in total. The molecule has 2 heterocycles. The van der Waals surface area contributed by atoms with Crippen molar-refractivity contribution in [2.75, 3.05) is 6.26 Å². The molecule has 0 unspecified atom stereocenters. The molecule has 27 heavy (non-hydrogen) atoms. The van der Waals surface area contributed by atoms with E-state index < -0.39 is 0 Å². The lowest BCUT2D eigenvalue weighted by atomic mass is 10.1. The van der Waals surface area contributed by atoms with Gasteiger partial charge in [0.25, 0.3) is 0 Å². The number of pyridine rings is 1. The van der Waals surface area contributed by atoms with Crippen LogP contribution in [0.3, 0.4) is 0 Å². The maximum absolute atomic E-state index is 13.5. The van der Waals surface area contributed by atoms with Crippen LogP contribution in [0.1, 0.15) is 5.69 Å². The Kier molecular flexibility index (Phi) is 4.81. The molecular formula is C21H16F2N2OS. The third kappa shape index (κ3) is 3.80. The zero-order valence-corrected chi connectivity index (χ0v) is 15.3. The van der Waals surface area contributed by atoms with E-state index in [9.17, 15) is 8.78 Å². The summed E-state index contributed by atoms with van der Waals surface area (Å²) in [6, 6.07) is 14.6. The molecule has 4 rings (SSSR count). The predicted octanol–water partition coefficient (Wildman–Crippen LogP) is 5.58. The summed E-state index contributed by atoms with van der Waals surface area (Å²) < 4.78 is 34.0. The van der Waals surface area contributed by atoms with E-state index in [1.807, 2.05) is 35.2 Å². The van der Waals surface area contributed by atoms with Gasteiger partial charge in [0, 0.05) is 17.3 Å². The standard InChI is InChI=1S/C21H16F2N2OS/c1-27-20-10-16(23)5-8-19(20)14-2-9-21-24-17(12-25(21)11-14)13-26-18-6-3-15(22)4-7-18/h2-12H,13H2,1H3. The molecule has 0 aliphatic carbocycles. The summed E-state index contributed by atoms with van der Waals surface area (Å²) in [5.74, 6) is 0.0464. The molecule has 0 atom stereocenters. The first-order valence-corrected chi connectivity index (χ1v) is 9.55. The fraction of sp³-hybridized carbons (Fsp3) is 0.0952. The van der Waals surface area contributed by atoms with Gasteiger partial charge in [-0.2, -0.15) is 0 Å². The minimum absolute atomic E-state index is 0.243. The van der Waals surface area contributed by atoms with Crippen LogP contribution in [0.5, 0.6) is 5.75 Å². The smallest absolute Gasteiger partial charge is 0.137 e. The number of aromatic nitrogens is 2. The second kappa shape index (κ2) is 7.40. The number of imidazole rings is 1. The van der Waals surface area contributed by atoms with Gasteiger partial charge in [-0.15, -0.1) is 11.8 Å². The lowest BCUT2D eigenvalue weighted by Crippen LogP contribution is -1.95. The van der Waals surface area contributed by atoms with E-state index in [0.717, 1.165) is 27.4 Å². The Hall–Kier alpha value is -2.86. The molecule has 0 spiro atoms. The monoisotopic (exact) mass is 382 g/mol. The summed E-state index contributed by atoms with van der Waals surface area (Å²) in [4.78, 5) is 5.42. The molecular weight excluding hydrogens is 366 g/mol. The number of thioether (sulfide) groups is 1. The van der Waals surface area contributed by atoms with Gasteiger partial charge in [-0.1, -0.05) is 6.07 Å². The Bertz CT molecular complexity index is 1090. The average molecular weight is 382 g/mol. The van der Waals surface area contributed by atoms with Gasteiger partial charge in [0.2, 0.25) is 0 Å². The Balaban J connectivity index is 1.59. The number of hydrogen-bond donors (Lipinski definition) is 0. The molecule has 6 heteroatoms. The lowest BCUT2D eigenvalue weighted by Gasteiger charge is -2.08. The van der Waals surface area contributed by atoms with Crippen LogP contribution in [0.25, 0.3) is 16.8 Å². The fourth-order valence-electron chi connectivity index (χ4n) is 2.86. The van der Waals surface area contributed by atoms with Crippen LogP contribution in [0.2, 0.25) is 0 Å². The Morgan fingerprint density at radius 3 is 2.52 bits per heavy atom. The van der Waals surface area contributed by atoms with E-state index in [2.05, 4.69) is 4.98 Å². The van der Waals surface area contributed by atoms with E-state index in [1.165, 1.54) is 30.0 Å². The summed E-state index contributed by atoms with van der Waals surface area (Å²) in [6.07, 6.45) is 5.79. The second-order valence-electron chi connectivity index (χ2n) is 6.00. The van der Waals surface area contributed by atoms with Gasteiger partial charge in [0.15, 0.2) is 0 Å². The van der Waals surface area contributed by atoms with Crippen molar-refractivity contribution in [3.8, 4) is 16.9 Å². The fourth-order valence-corrected chi connectivity index (χ4v) is 3.50. The van der Waals surface area contributed by atoms with Crippen LogP contribution in [0, 0.1) is 11.6 Å². The topological polar surface area (TPSA) is 26.5 Å². The predicted molar refractivity (Wildman–Crippen MR) is 103 cm³/mol. The largest absolute Gasteiger partial charge is 0.487 e. The van der Waals surface area contributed by atoms with Crippen molar-refractivity contribution in [2.45, 2.75) is 11.5 Å². The highest BCUT2D eigenvalue weighted by atomic mass is 32.2. The third-order valence-electron chi connectivity index (χ3n) is 4.18. The quantitative estimate of drug-likeness (QED) is 0.422. The third-order valence-corrected chi connectivity index (χ3v) is 4.95. The van der Waals surface area contributed by atoms with Crippen molar-refractivity contribution in [2.24, 2.45) is 0 Å². The molecule has 0 saturated carbocycles. The van der Waals surface area contributed by atoms with Crippen molar-refractivity contribution < 1.29 is 13.5 Å². The van der Waals surface area contributed by atoms with Crippen molar-refractivity contribution in [3.63, 3.8) is 0 Å². The van der Waals surface area contributed by atoms with Gasteiger partial charge in [0.1, 0.15) is 29.6 Å². The van der Waals surface area contributed by atoms with Crippen molar-refractivity contribution in [1.82, 2.24) is 9.38 Å². The number of halogens is 2. The van der Waals surface area contributed by atoms with Gasteiger partial charge in [-0.05, 0) is 65.9 Å². The summed E-state index contributed by atoms with van der Waals surface area (Å²) in [7, 11) is 0. The normalized spacial score (nSPS) is 11.1. The molecule has 4 aromatic rings. The Labute approximate surface area is 159 Å². The van der Waals surface area contributed by atoms with E-state index in [1.54, 1.807) is 24.3 Å². The molecule has 0 saturated heterocycles. The first kappa shape index (κ1) is 17.5. The molecule has 0 amide bonds. The minimum Gasteiger partial charge on any atom is -0.487 e. The Morgan fingerprint density at radius 1 is 0.963 bits per heavy atom. The van der Waals surface area contributed by atoms with E-state index >= 15 is 0 Å². The highest BCUT2D eigenvalue weighted by Gasteiger charge is 2.09. The number of nitrogens with zero attached hydrogens (tertiary/aromatic N) is 2. The molecule has 0 fully saturated rings. The van der Waals surface area contributed by atoms with Gasteiger partial charge in [-0.3, -0.25) is 0 Å². The van der Waals surface area contributed by atoms with Gasteiger partial charge in [0.05, 0.1) is 5.69 Å². The number of ether oxygens (including phenoxy) is 1. The minimum atomic E-state index is -0.298. The van der Waals surface area contributed by atoms with E-state index in [4.69, 9.17) is 4.74 Å². The van der Waals surface area contributed by atoms with Crippen molar-refractivity contribution >= 4 is 17.4 Å². The Morgan fingerprint density at radius 2 is 1.74 bits per heavy atom. The van der Waals surface area contributed by atoms with Gasteiger partial charge < -0.3 is 9.14 Å². The molecule has 0 aliphatic rings. The SMILES string of the molecule is CSc1cc(F)ccc1-c1ccc2nc(COc3ccc(F)cc3)cn2c1. The average Bonchev–Trinajstić information content (AvgIpc) is 3.09. The number of rotatable bonds is 5. The lowest BCUT2D eigenvalue weighted by molar-refractivity contribution is 0.301. The molecule has 136 valence electrons. The molecule has 2 aromatic heterocycles. The van der Waals surface area contributed by atoms with E-state index in [-0.39, 0.29) is 18.2 Å². The molecule has 0 aliphatic heterocycles. The first-order valence-electron chi connectivity index (χ1n) is 8.32. The number of benzene rings is 2. The first-order chi connectivity index (χ1) is 13.1. The highest BCUT2D eigenvalue weighted by molar-refractivity contribution is 7.98. The van der Waals surface area contributed by atoms with Crippen LogP contribution in [0.15, 0.2) is 71.9 Å². The van der Waals surface area contributed by atoms with Crippen LogP contribution < -0.4 is 4.74 Å². The van der Waals surface area contributed by atoms with Crippen LogP contribution in [-0.4, -0.2) is 15.6 Å². The van der Waals surface area contributed by atoms with Crippen molar-refractivity contribution in [1.29, 1.82) is 0 Å². The summed E-state index contributed by atoms with van der Waals surface area (Å²) in [5, 5.41) is 0. The summed E-state index contributed by atoms with van der Waals surface area (Å²) in [5.41, 5.74) is 3.52. The zero-order chi connectivity index (χ0) is 18.8. The van der Waals surface area contributed by atoms with Crippen LogP contribution in [0.4, 0.5) is 8.78 Å². The number of hydrogen-bond acceptors (Lipinski definition) is 3. The van der Waals surface area contributed by atoms with Crippen LogP contribution >= 0.6 is 11.8 Å². The zero-order valence-electron chi connectivity index (χ0n) is 14.5. The maximum Gasteiger partial charge on any atom is 0.137 e. The molecule has 2 aromatic carbocycles. The molecule has 0 radical (unpaired) electrons. The highest BCUT2D eigenvalue weighted by Crippen LogP contribution is 2.31. The second-order valence-corrected chi connectivity index (χ2v) is 6.85. The van der Waals surface area contributed by atoms with Crippen LogP contribution in [-0.2, 0) is 6.61 Å². The van der Waals surface area contributed by atoms with Crippen molar-refractivity contribution in [3.05, 3.63) is 84.3 Å².